The van der Waals surface area contributed by atoms with Crippen molar-refractivity contribution >= 4 is 0 Å². The van der Waals surface area contributed by atoms with Crippen LogP contribution in [0.25, 0.3) is 0 Å². The molecule has 0 atom stereocenters. The number of nitrogens with zero attached hydrogens (tertiary/aromatic N) is 1. The van der Waals surface area contributed by atoms with Crippen molar-refractivity contribution in [3.63, 3.8) is 0 Å². The zero-order chi connectivity index (χ0) is 11.9. The summed E-state index contributed by atoms with van der Waals surface area (Å²) in [6, 6.07) is 10.6. The van der Waals surface area contributed by atoms with Gasteiger partial charge in [0.15, 0.2) is 0 Å². The van der Waals surface area contributed by atoms with Crippen LogP contribution in [0, 0.1) is 0 Å². The summed E-state index contributed by atoms with van der Waals surface area (Å²) in [4.78, 5) is 0. The summed E-state index contributed by atoms with van der Waals surface area (Å²) in [5.74, 6) is 0. The van der Waals surface area contributed by atoms with Crippen molar-refractivity contribution in [3.05, 3.63) is 61.2 Å². The van der Waals surface area contributed by atoms with Gasteiger partial charge in [-0.05, 0) is 19.1 Å². The van der Waals surface area contributed by atoms with E-state index in [1.807, 2.05) is 12.2 Å². The van der Waals surface area contributed by atoms with Gasteiger partial charge in [0.2, 0.25) is 0 Å². The number of hydrogen-bond donors (Lipinski definition) is 0. The molecule has 0 amide bonds. The molecular formula is C15H22IN. The fourth-order valence-electron chi connectivity index (χ4n) is 2.09. The van der Waals surface area contributed by atoms with Gasteiger partial charge in [-0.1, -0.05) is 43.5 Å². The molecule has 2 heteroatoms. The molecule has 1 rings (SSSR count). The highest BCUT2D eigenvalue weighted by Crippen LogP contribution is 2.14. The SMILES string of the molecule is C=CC[N+](CC)(CC=C)Cc1ccccc1.[I-]. The lowest BCUT2D eigenvalue weighted by Gasteiger charge is -2.36. The van der Waals surface area contributed by atoms with Crippen LogP contribution >= 0.6 is 0 Å². The second kappa shape index (κ2) is 8.48. The zero-order valence-electron chi connectivity index (χ0n) is 10.6. The molecule has 0 aromatic heterocycles. The Kier molecular flexibility index (Phi) is 8.17. The summed E-state index contributed by atoms with van der Waals surface area (Å²) in [6.45, 7) is 14.1. The van der Waals surface area contributed by atoms with E-state index in [1.165, 1.54) is 5.56 Å². The summed E-state index contributed by atoms with van der Waals surface area (Å²) in [7, 11) is 0. The molecule has 94 valence electrons. The second-order valence-corrected chi connectivity index (χ2v) is 4.24. The first-order valence-electron chi connectivity index (χ1n) is 5.87. The van der Waals surface area contributed by atoms with Crippen molar-refractivity contribution in [2.75, 3.05) is 19.6 Å². The standard InChI is InChI=1S/C15H22N.HI/c1-4-12-16(6-3,13-5-2)14-15-10-8-7-9-11-15;/h4-5,7-11H,1-2,6,12-14H2,3H3;1H/q+1;/p-1. The van der Waals surface area contributed by atoms with Crippen LogP contribution in [-0.2, 0) is 6.54 Å². The Morgan fingerprint density at radius 1 is 1.06 bits per heavy atom. The highest BCUT2D eigenvalue weighted by atomic mass is 127. The molecule has 0 fully saturated rings. The number of hydrogen-bond acceptors (Lipinski definition) is 0. The Labute approximate surface area is 122 Å². The lowest BCUT2D eigenvalue weighted by Crippen LogP contribution is -3.00. The Balaban J connectivity index is 0.00000256. The van der Waals surface area contributed by atoms with E-state index >= 15 is 0 Å². The molecule has 0 saturated carbocycles. The zero-order valence-corrected chi connectivity index (χ0v) is 12.8. The third-order valence-corrected chi connectivity index (χ3v) is 3.06. The highest BCUT2D eigenvalue weighted by Gasteiger charge is 2.22. The van der Waals surface area contributed by atoms with Crippen LogP contribution in [0.3, 0.4) is 0 Å². The van der Waals surface area contributed by atoms with E-state index in [9.17, 15) is 0 Å². The first-order chi connectivity index (χ1) is 7.76. The molecule has 0 aliphatic rings. The highest BCUT2D eigenvalue weighted by molar-refractivity contribution is 5.13. The summed E-state index contributed by atoms with van der Waals surface area (Å²) >= 11 is 0. The topological polar surface area (TPSA) is 0 Å². The molecule has 0 radical (unpaired) electrons. The normalized spacial score (nSPS) is 10.4. The maximum Gasteiger partial charge on any atom is 0.105 e. The minimum Gasteiger partial charge on any atom is -1.00 e. The molecule has 0 aliphatic carbocycles. The van der Waals surface area contributed by atoms with Crippen molar-refractivity contribution in [1.29, 1.82) is 0 Å². The fraction of sp³-hybridized carbons (Fsp3) is 0.333. The van der Waals surface area contributed by atoms with Crippen molar-refractivity contribution in [3.8, 4) is 0 Å². The van der Waals surface area contributed by atoms with E-state index in [2.05, 4.69) is 50.4 Å². The van der Waals surface area contributed by atoms with Crippen LogP contribution in [0.4, 0.5) is 0 Å². The average molecular weight is 343 g/mol. The average Bonchev–Trinajstić information content (AvgIpc) is 2.31. The first-order valence-corrected chi connectivity index (χ1v) is 5.87. The molecule has 0 bridgehead atoms. The largest absolute Gasteiger partial charge is 1.00 e. The summed E-state index contributed by atoms with van der Waals surface area (Å²) in [6.07, 6.45) is 4.02. The van der Waals surface area contributed by atoms with Gasteiger partial charge >= 0.3 is 0 Å². The molecule has 0 spiro atoms. The molecule has 0 aliphatic heterocycles. The third-order valence-electron chi connectivity index (χ3n) is 3.06. The van der Waals surface area contributed by atoms with Crippen LogP contribution in [0.5, 0.6) is 0 Å². The van der Waals surface area contributed by atoms with Crippen molar-refractivity contribution in [2.24, 2.45) is 0 Å². The lowest BCUT2D eigenvalue weighted by molar-refractivity contribution is -0.928. The van der Waals surface area contributed by atoms with Crippen LogP contribution in [0.1, 0.15) is 12.5 Å². The Hall–Kier alpha value is -0.610. The van der Waals surface area contributed by atoms with Gasteiger partial charge in [-0.25, -0.2) is 0 Å². The van der Waals surface area contributed by atoms with Gasteiger partial charge < -0.3 is 28.5 Å². The van der Waals surface area contributed by atoms with E-state index < -0.39 is 0 Å². The molecule has 1 nitrogen and oxygen atoms in total. The van der Waals surface area contributed by atoms with E-state index in [0.717, 1.165) is 30.7 Å². The molecule has 0 heterocycles. The molecule has 1 aromatic rings. The lowest BCUT2D eigenvalue weighted by atomic mass is 10.1. The van der Waals surface area contributed by atoms with Crippen LogP contribution < -0.4 is 24.0 Å². The molecule has 1 aromatic carbocycles. The quantitative estimate of drug-likeness (QED) is 0.382. The number of benzene rings is 1. The Morgan fingerprint density at radius 3 is 2.00 bits per heavy atom. The van der Waals surface area contributed by atoms with Crippen molar-refractivity contribution < 1.29 is 28.5 Å². The second-order valence-electron chi connectivity index (χ2n) is 4.24. The van der Waals surface area contributed by atoms with E-state index in [0.29, 0.717) is 0 Å². The first kappa shape index (κ1) is 16.4. The molecule has 0 N–H and O–H groups in total. The van der Waals surface area contributed by atoms with E-state index in [1.54, 1.807) is 0 Å². The minimum absolute atomic E-state index is 0. The van der Waals surface area contributed by atoms with Gasteiger partial charge in [-0.2, -0.15) is 0 Å². The summed E-state index contributed by atoms with van der Waals surface area (Å²) in [5.41, 5.74) is 1.38. The van der Waals surface area contributed by atoms with Gasteiger partial charge in [0.1, 0.15) is 6.54 Å². The summed E-state index contributed by atoms with van der Waals surface area (Å²) < 4.78 is 1.01. The van der Waals surface area contributed by atoms with Gasteiger partial charge in [0.25, 0.3) is 0 Å². The Morgan fingerprint density at radius 2 is 1.59 bits per heavy atom. The van der Waals surface area contributed by atoms with E-state index in [-0.39, 0.29) is 24.0 Å². The smallest absolute Gasteiger partial charge is 0.105 e. The monoisotopic (exact) mass is 343 g/mol. The van der Waals surface area contributed by atoms with Gasteiger partial charge in [0.05, 0.1) is 19.6 Å². The van der Waals surface area contributed by atoms with Gasteiger partial charge in [-0.15, -0.1) is 0 Å². The Bertz CT molecular complexity index is 322. The maximum absolute atomic E-state index is 3.87. The number of rotatable bonds is 7. The van der Waals surface area contributed by atoms with Crippen LogP contribution in [0.2, 0.25) is 0 Å². The number of quaternary nitrogens is 1. The van der Waals surface area contributed by atoms with Crippen molar-refractivity contribution in [1.82, 2.24) is 0 Å². The molecule has 17 heavy (non-hydrogen) atoms. The molecular weight excluding hydrogens is 321 g/mol. The van der Waals surface area contributed by atoms with Crippen LogP contribution in [0.15, 0.2) is 55.6 Å². The van der Waals surface area contributed by atoms with Gasteiger partial charge in [-0.3, -0.25) is 0 Å². The predicted molar refractivity (Wildman–Crippen MR) is 71.1 cm³/mol. The van der Waals surface area contributed by atoms with Gasteiger partial charge in [0, 0.05) is 5.56 Å². The minimum atomic E-state index is 0. The van der Waals surface area contributed by atoms with Crippen LogP contribution in [-0.4, -0.2) is 24.1 Å². The molecule has 0 unspecified atom stereocenters. The van der Waals surface area contributed by atoms with Crippen molar-refractivity contribution in [2.45, 2.75) is 13.5 Å². The number of halogens is 1. The third kappa shape index (κ3) is 5.04. The number of likely N-dealkylation sites (N-methyl/N-ethyl adjacent to an activating group) is 1. The van der Waals surface area contributed by atoms with E-state index in [4.69, 9.17) is 0 Å². The molecule has 0 saturated heterocycles. The fourth-order valence-corrected chi connectivity index (χ4v) is 2.09. The summed E-state index contributed by atoms with van der Waals surface area (Å²) in [5, 5.41) is 0. The predicted octanol–water partition coefficient (Wildman–Crippen LogP) is 0.399. The maximum atomic E-state index is 3.87.